The van der Waals surface area contributed by atoms with Crippen LogP contribution in [0.4, 0.5) is 10.2 Å². The number of halogens is 1. The molecule has 0 radical (unpaired) electrons. The molecular weight excluding hydrogens is 345 g/mol. The molecule has 1 N–H and O–H groups in total. The second kappa shape index (κ2) is 7.37. The van der Waals surface area contributed by atoms with Gasteiger partial charge >= 0.3 is 0 Å². The maximum absolute atomic E-state index is 13.3. The Hall–Kier alpha value is -3.54. The van der Waals surface area contributed by atoms with Crippen LogP contribution in [0.5, 0.6) is 0 Å². The zero-order chi connectivity index (χ0) is 18.6. The second-order valence-electron chi connectivity index (χ2n) is 6.13. The van der Waals surface area contributed by atoms with Crippen molar-refractivity contribution in [1.82, 2.24) is 4.98 Å². The molecule has 1 atom stereocenters. The van der Waals surface area contributed by atoms with Gasteiger partial charge in [-0.15, -0.1) is 0 Å². The number of rotatable bonds is 4. The van der Waals surface area contributed by atoms with Gasteiger partial charge in [-0.2, -0.15) is 0 Å². The number of carbonyl (C=O) groups is 1. The summed E-state index contributed by atoms with van der Waals surface area (Å²) in [4.78, 5) is 21.9. The molecule has 1 aliphatic rings. The first-order chi connectivity index (χ1) is 13.2. The van der Waals surface area contributed by atoms with Crippen LogP contribution >= 0.6 is 0 Å². The zero-order valence-corrected chi connectivity index (χ0v) is 14.3. The van der Waals surface area contributed by atoms with Crippen LogP contribution in [-0.2, 0) is 9.63 Å². The third-order valence-electron chi connectivity index (χ3n) is 4.24. The van der Waals surface area contributed by atoms with Gasteiger partial charge in [0.15, 0.2) is 0 Å². The highest BCUT2D eigenvalue weighted by Gasteiger charge is 2.29. The van der Waals surface area contributed by atoms with Crippen LogP contribution in [0.3, 0.4) is 0 Å². The number of carbonyl (C=O) groups excluding carboxylic acids is 1. The first-order valence-electron chi connectivity index (χ1n) is 8.50. The molecule has 27 heavy (non-hydrogen) atoms. The SMILES string of the molecule is O=C(Nc1ccc(-c2ccccc2)cn1)C1CC(c2cccc(F)c2)=NO1. The normalized spacial score (nSPS) is 15.7. The number of hydrogen-bond acceptors (Lipinski definition) is 4. The van der Waals surface area contributed by atoms with Crippen LogP contribution in [0.25, 0.3) is 11.1 Å². The van der Waals surface area contributed by atoms with Crippen LogP contribution in [-0.4, -0.2) is 22.7 Å². The topological polar surface area (TPSA) is 63.6 Å². The van der Waals surface area contributed by atoms with Crippen molar-refractivity contribution in [3.63, 3.8) is 0 Å². The number of aromatic nitrogens is 1. The second-order valence-corrected chi connectivity index (χ2v) is 6.13. The monoisotopic (exact) mass is 361 g/mol. The van der Waals surface area contributed by atoms with Gasteiger partial charge in [0.05, 0.1) is 5.71 Å². The van der Waals surface area contributed by atoms with Gasteiger partial charge in [-0.3, -0.25) is 4.79 Å². The van der Waals surface area contributed by atoms with Gasteiger partial charge in [0.25, 0.3) is 5.91 Å². The standard InChI is InChI=1S/C21H16FN3O2/c22-17-8-4-7-15(11-17)18-12-19(27-25-18)21(26)24-20-10-9-16(13-23-20)14-5-2-1-3-6-14/h1-11,13,19H,12H2,(H,23,24,26). The average Bonchev–Trinajstić information content (AvgIpc) is 3.20. The summed E-state index contributed by atoms with van der Waals surface area (Å²) in [6.07, 6.45) is 1.21. The number of nitrogens with zero attached hydrogens (tertiary/aromatic N) is 2. The number of anilines is 1. The molecule has 0 saturated heterocycles. The van der Waals surface area contributed by atoms with Gasteiger partial charge in [-0.25, -0.2) is 9.37 Å². The van der Waals surface area contributed by atoms with E-state index in [-0.39, 0.29) is 18.1 Å². The van der Waals surface area contributed by atoms with Crippen molar-refractivity contribution in [2.24, 2.45) is 5.16 Å². The van der Waals surface area contributed by atoms with Gasteiger partial charge in [-0.05, 0) is 29.8 Å². The number of benzene rings is 2. The minimum Gasteiger partial charge on any atom is -0.382 e. The van der Waals surface area contributed by atoms with Crippen molar-refractivity contribution in [2.75, 3.05) is 5.32 Å². The van der Waals surface area contributed by atoms with E-state index in [4.69, 9.17) is 4.84 Å². The van der Waals surface area contributed by atoms with Crippen LogP contribution < -0.4 is 5.32 Å². The van der Waals surface area contributed by atoms with E-state index in [1.807, 2.05) is 36.4 Å². The highest BCUT2D eigenvalue weighted by atomic mass is 19.1. The highest BCUT2D eigenvalue weighted by Crippen LogP contribution is 2.21. The minimum atomic E-state index is -0.765. The molecule has 0 bridgehead atoms. The Bertz CT molecular complexity index is 988. The van der Waals surface area contributed by atoms with Crippen molar-refractivity contribution in [3.05, 3.63) is 84.3 Å². The van der Waals surface area contributed by atoms with Crippen LogP contribution in [0.2, 0.25) is 0 Å². The molecule has 5 nitrogen and oxygen atoms in total. The fourth-order valence-corrected chi connectivity index (χ4v) is 2.83. The number of amides is 1. The van der Waals surface area contributed by atoms with Crippen LogP contribution in [0, 0.1) is 5.82 Å². The molecule has 134 valence electrons. The predicted molar refractivity (Wildman–Crippen MR) is 101 cm³/mol. The van der Waals surface area contributed by atoms with Crippen molar-refractivity contribution in [2.45, 2.75) is 12.5 Å². The summed E-state index contributed by atoms with van der Waals surface area (Å²) in [6, 6.07) is 19.5. The molecule has 0 fully saturated rings. The van der Waals surface area contributed by atoms with E-state index in [0.717, 1.165) is 11.1 Å². The quantitative estimate of drug-likeness (QED) is 0.763. The fourth-order valence-electron chi connectivity index (χ4n) is 2.83. The summed E-state index contributed by atoms with van der Waals surface area (Å²) < 4.78 is 13.3. The molecule has 0 spiro atoms. The number of hydrogen-bond donors (Lipinski definition) is 1. The lowest BCUT2D eigenvalue weighted by molar-refractivity contribution is -0.125. The molecule has 2 aromatic carbocycles. The molecule has 1 amide bonds. The summed E-state index contributed by atoms with van der Waals surface area (Å²) in [5, 5.41) is 6.64. The van der Waals surface area contributed by atoms with Gasteiger partial charge in [0, 0.05) is 23.7 Å². The molecule has 3 aromatic rings. The summed E-state index contributed by atoms with van der Waals surface area (Å²) in [5.41, 5.74) is 3.16. The first-order valence-corrected chi connectivity index (χ1v) is 8.50. The Morgan fingerprint density at radius 3 is 2.56 bits per heavy atom. The molecule has 1 aromatic heterocycles. The Morgan fingerprint density at radius 1 is 1.00 bits per heavy atom. The maximum atomic E-state index is 13.3. The zero-order valence-electron chi connectivity index (χ0n) is 14.3. The highest BCUT2D eigenvalue weighted by molar-refractivity contribution is 6.05. The van der Waals surface area contributed by atoms with E-state index >= 15 is 0 Å². The van der Waals surface area contributed by atoms with Crippen molar-refractivity contribution < 1.29 is 14.0 Å². The molecule has 2 heterocycles. The largest absolute Gasteiger partial charge is 0.382 e. The van der Waals surface area contributed by atoms with Gasteiger partial charge in [-0.1, -0.05) is 47.6 Å². The van der Waals surface area contributed by atoms with E-state index in [1.54, 1.807) is 24.4 Å². The van der Waals surface area contributed by atoms with Crippen LogP contribution in [0.1, 0.15) is 12.0 Å². The van der Waals surface area contributed by atoms with E-state index < -0.39 is 6.10 Å². The number of pyridine rings is 1. The molecule has 1 unspecified atom stereocenters. The number of nitrogens with one attached hydrogen (secondary N) is 1. The molecule has 1 aliphatic heterocycles. The van der Waals surface area contributed by atoms with E-state index in [1.165, 1.54) is 12.1 Å². The summed E-state index contributed by atoms with van der Waals surface area (Å²) in [6.45, 7) is 0. The number of oxime groups is 1. The van der Waals surface area contributed by atoms with E-state index in [2.05, 4.69) is 15.5 Å². The molecule has 0 aliphatic carbocycles. The van der Waals surface area contributed by atoms with Gasteiger partial charge < -0.3 is 10.2 Å². The lowest BCUT2D eigenvalue weighted by atomic mass is 10.0. The van der Waals surface area contributed by atoms with Crippen molar-refractivity contribution >= 4 is 17.4 Å². The van der Waals surface area contributed by atoms with Crippen molar-refractivity contribution in [1.29, 1.82) is 0 Å². The lowest BCUT2D eigenvalue weighted by Crippen LogP contribution is -2.28. The Morgan fingerprint density at radius 2 is 1.81 bits per heavy atom. The smallest absolute Gasteiger partial charge is 0.269 e. The fraction of sp³-hybridized carbons (Fsp3) is 0.0952. The van der Waals surface area contributed by atoms with Crippen LogP contribution in [0.15, 0.2) is 78.1 Å². The maximum Gasteiger partial charge on any atom is 0.269 e. The summed E-state index contributed by atoms with van der Waals surface area (Å²) in [7, 11) is 0. The molecule has 0 saturated carbocycles. The van der Waals surface area contributed by atoms with Crippen molar-refractivity contribution in [3.8, 4) is 11.1 Å². The summed E-state index contributed by atoms with van der Waals surface area (Å²) in [5.74, 6) is -0.265. The Labute approximate surface area is 155 Å². The van der Waals surface area contributed by atoms with E-state index in [0.29, 0.717) is 17.1 Å². The third kappa shape index (κ3) is 3.84. The molecular formula is C21H16FN3O2. The Kier molecular flexibility index (Phi) is 4.61. The average molecular weight is 361 g/mol. The van der Waals surface area contributed by atoms with E-state index in [9.17, 15) is 9.18 Å². The Balaban J connectivity index is 1.39. The first kappa shape index (κ1) is 16.9. The van der Waals surface area contributed by atoms with Gasteiger partial charge in [0.1, 0.15) is 11.6 Å². The lowest BCUT2D eigenvalue weighted by Gasteiger charge is -2.09. The summed E-state index contributed by atoms with van der Waals surface area (Å²) >= 11 is 0. The predicted octanol–water partition coefficient (Wildman–Crippen LogP) is 4.02. The molecule has 6 heteroatoms. The minimum absolute atomic E-state index is 0.275. The third-order valence-corrected chi connectivity index (χ3v) is 4.24. The van der Waals surface area contributed by atoms with Gasteiger partial charge in [0.2, 0.25) is 6.10 Å². The molecule has 4 rings (SSSR count).